The molecule has 0 bridgehead atoms. The molecule has 3 N–H and O–H groups in total. The van der Waals surface area contributed by atoms with Crippen LogP contribution in [-0.2, 0) is 28.9 Å². The number of aliphatic hydroxyl groups is 1. The Balaban J connectivity index is 3.85. The Bertz CT molecular complexity index is 533. The molecule has 0 amide bonds. The van der Waals surface area contributed by atoms with Crippen LogP contribution in [0.2, 0.25) is 0 Å². The Hall–Kier alpha value is -1.23. The Morgan fingerprint density at radius 1 is 0.857 bits per heavy atom. The molecular formula is C18H34O9S. The largest absolute Gasteiger partial charge is 0.479 e. The lowest BCUT2D eigenvalue weighted by atomic mass is 10.1. The standard InChI is InChI=1S/C18H34O9S/c1-2-3-4-5-6-7-8-9-10-11-12-13-14-26-18(22)16(15(19)17(20)21)27-28(23,24)25/h15-16,19H,2-14H2,1H3,(H,20,21)(H,23,24,25). The number of ether oxygens (including phenoxy) is 1. The monoisotopic (exact) mass is 426 g/mol. The number of hydrogen-bond donors (Lipinski definition) is 3. The van der Waals surface area contributed by atoms with Crippen molar-refractivity contribution in [3.63, 3.8) is 0 Å². The van der Waals surface area contributed by atoms with Crippen LogP contribution in [0.15, 0.2) is 0 Å². The van der Waals surface area contributed by atoms with Gasteiger partial charge in [0.1, 0.15) is 0 Å². The molecule has 0 aliphatic heterocycles. The lowest BCUT2D eigenvalue weighted by molar-refractivity contribution is -0.167. The quantitative estimate of drug-likeness (QED) is 0.171. The Kier molecular flexibility index (Phi) is 15.0. The van der Waals surface area contributed by atoms with Gasteiger partial charge in [0.05, 0.1) is 6.61 Å². The van der Waals surface area contributed by atoms with E-state index in [0.717, 1.165) is 25.7 Å². The summed E-state index contributed by atoms with van der Waals surface area (Å²) in [5.74, 6) is -3.24. The highest BCUT2D eigenvalue weighted by molar-refractivity contribution is 7.80. The number of aliphatic hydroxyl groups excluding tert-OH is 1. The van der Waals surface area contributed by atoms with Gasteiger partial charge in [-0.05, 0) is 6.42 Å². The van der Waals surface area contributed by atoms with Crippen molar-refractivity contribution in [2.24, 2.45) is 0 Å². The van der Waals surface area contributed by atoms with Crippen LogP contribution >= 0.6 is 0 Å². The average molecular weight is 427 g/mol. The lowest BCUT2D eigenvalue weighted by Gasteiger charge is -2.17. The summed E-state index contributed by atoms with van der Waals surface area (Å²) < 4.78 is 38.6. The van der Waals surface area contributed by atoms with Crippen LogP contribution in [0.1, 0.15) is 84.0 Å². The molecule has 166 valence electrons. The molecule has 28 heavy (non-hydrogen) atoms. The normalized spacial score (nSPS) is 13.8. The van der Waals surface area contributed by atoms with Gasteiger partial charge in [0.15, 0.2) is 6.10 Å². The number of carboxylic acids is 1. The van der Waals surface area contributed by atoms with Gasteiger partial charge in [-0.25, -0.2) is 13.8 Å². The lowest BCUT2D eigenvalue weighted by Crippen LogP contribution is -2.44. The maximum absolute atomic E-state index is 11.7. The third-order valence-electron chi connectivity index (χ3n) is 4.24. The Morgan fingerprint density at radius 2 is 1.29 bits per heavy atom. The predicted octanol–water partition coefficient (Wildman–Crippen LogP) is 2.86. The van der Waals surface area contributed by atoms with Crippen LogP contribution in [0.5, 0.6) is 0 Å². The number of esters is 1. The van der Waals surface area contributed by atoms with Crippen molar-refractivity contribution >= 4 is 22.3 Å². The van der Waals surface area contributed by atoms with Gasteiger partial charge < -0.3 is 14.9 Å². The molecule has 0 aromatic carbocycles. The third-order valence-corrected chi connectivity index (χ3v) is 4.69. The molecule has 0 saturated carbocycles. The molecule has 0 fully saturated rings. The summed E-state index contributed by atoms with van der Waals surface area (Å²) in [5.41, 5.74) is 0. The fourth-order valence-electron chi connectivity index (χ4n) is 2.68. The van der Waals surface area contributed by atoms with Gasteiger partial charge in [-0.15, -0.1) is 0 Å². The van der Waals surface area contributed by atoms with E-state index < -0.39 is 34.5 Å². The van der Waals surface area contributed by atoms with E-state index >= 15 is 0 Å². The summed E-state index contributed by atoms with van der Waals surface area (Å²) in [4.78, 5) is 22.4. The Labute approximate surface area is 167 Å². The summed E-state index contributed by atoms with van der Waals surface area (Å²) in [7, 11) is -5.13. The van der Waals surface area contributed by atoms with Gasteiger partial charge in [0.25, 0.3) is 0 Å². The molecule has 0 saturated heterocycles. The third kappa shape index (κ3) is 14.8. The van der Waals surface area contributed by atoms with Crippen LogP contribution in [0.3, 0.4) is 0 Å². The number of rotatable bonds is 18. The van der Waals surface area contributed by atoms with Gasteiger partial charge in [0.2, 0.25) is 6.10 Å². The molecule has 0 rings (SSSR count). The van der Waals surface area contributed by atoms with Crippen molar-refractivity contribution in [3.05, 3.63) is 0 Å². The first-order chi connectivity index (χ1) is 13.2. The summed E-state index contributed by atoms with van der Waals surface area (Å²) in [6.45, 7) is 2.14. The molecule has 0 aromatic rings. The first kappa shape index (κ1) is 26.8. The molecular weight excluding hydrogens is 392 g/mol. The van der Waals surface area contributed by atoms with Crippen molar-refractivity contribution in [3.8, 4) is 0 Å². The molecule has 2 atom stereocenters. The smallest absolute Gasteiger partial charge is 0.398 e. The average Bonchev–Trinajstić information content (AvgIpc) is 2.62. The molecule has 0 radical (unpaired) electrons. The van der Waals surface area contributed by atoms with Gasteiger partial charge in [-0.2, -0.15) is 8.42 Å². The summed E-state index contributed by atoms with van der Waals surface area (Å²) >= 11 is 0. The summed E-state index contributed by atoms with van der Waals surface area (Å²) in [6, 6.07) is 0. The van der Waals surface area contributed by atoms with Crippen molar-refractivity contribution in [2.45, 2.75) is 96.2 Å². The van der Waals surface area contributed by atoms with Gasteiger partial charge in [-0.3, -0.25) is 4.55 Å². The first-order valence-corrected chi connectivity index (χ1v) is 11.3. The van der Waals surface area contributed by atoms with E-state index in [1.165, 1.54) is 44.9 Å². The highest BCUT2D eigenvalue weighted by atomic mass is 32.3. The highest BCUT2D eigenvalue weighted by Crippen LogP contribution is 2.12. The number of carboxylic acid groups (broad SMARTS) is 1. The van der Waals surface area contributed by atoms with Crippen LogP contribution in [0, 0.1) is 0 Å². The van der Waals surface area contributed by atoms with Gasteiger partial charge in [0, 0.05) is 0 Å². The molecule has 0 heterocycles. The molecule has 0 aliphatic carbocycles. The van der Waals surface area contributed by atoms with E-state index in [2.05, 4.69) is 11.1 Å². The first-order valence-electron chi connectivity index (χ1n) is 9.92. The topological polar surface area (TPSA) is 147 Å². The van der Waals surface area contributed by atoms with E-state index in [4.69, 9.17) is 14.4 Å². The second kappa shape index (κ2) is 15.7. The zero-order chi connectivity index (χ0) is 21.4. The van der Waals surface area contributed by atoms with E-state index in [0.29, 0.717) is 6.42 Å². The number of hydrogen-bond acceptors (Lipinski definition) is 7. The maximum atomic E-state index is 11.7. The van der Waals surface area contributed by atoms with E-state index in [-0.39, 0.29) is 6.61 Å². The van der Waals surface area contributed by atoms with Crippen molar-refractivity contribution in [1.82, 2.24) is 0 Å². The van der Waals surface area contributed by atoms with E-state index in [1.807, 2.05) is 0 Å². The Morgan fingerprint density at radius 3 is 1.68 bits per heavy atom. The summed E-state index contributed by atoms with van der Waals surface area (Å²) in [5, 5.41) is 18.0. The maximum Gasteiger partial charge on any atom is 0.398 e. The second-order valence-electron chi connectivity index (χ2n) is 6.78. The minimum atomic E-state index is -5.13. The molecule has 0 aromatic heterocycles. The predicted molar refractivity (Wildman–Crippen MR) is 102 cm³/mol. The molecule has 9 nitrogen and oxygen atoms in total. The minimum absolute atomic E-state index is 0.0616. The van der Waals surface area contributed by atoms with Crippen LogP contribution < -0.4 is 0 Å². The SMILES string of the molecule is CCCCCCCCCCCCCCOC(=O)C(OS(=O)(=O)O)C(O)C(=O)O. The highest BCUT2D eigenvalue weighted by Gasteiger charge is 2.38. The van der Waals surface area contributed by atoms with Gasteiger partial charge >= 0.3 is 22.3 Å². The summed E-state index contributed by atoms with van der Waals surface area (Å²) in [6.07, 6.45) is 8.61. The molecule has 2 unspecified atom stereocenters. The zero-order valence-corrected chi connectivity index (χ0v) is 17.4. The fourth-order valence-corrected chi connectivity index (χ4v) is 3.13. The minimum Gasteiger partial charge on any atom is -0.479 e. The van der Waals surface area contributed by atoms with Crippen LogP contribution in [0.25, 0.3) is 0 Å². The van der Waals surface area contributed by atoms with Crippen LogP contribution in [0.4, 0.5) is 0 Å². The van der Waals surface area contributed by atoms with Crippen LogP contribution in [-0.4, -0.2) is 53.9 Å². The molecule has 0 spiro atoms. The van der Waals surface area contributed by atoms with E-state index in [9.17, 15) is 23.1 Å². The van der Waals surface area contributed by atoms with Crippen molar-refractivity contribution < 1.29 is 41.7 Å². The number of carbonyl (C=O) groups is 2. The van der Waals surface area contributed by atoms with Crippen molar-refractivity contribution in [2.75, 3.05) is 6.61 Å². The fraction of sp³-hybridized carbons (Fsp3) is 0.889. The van der Waals surface area contributed by atoms with Gasteiger partial charge in [-0.1, -0.05) is 77.6 Å². The number of aliphatic carboxylic acids is 1. The number of carbonyl (C=O) groups excluding carboxylic acids is 1. The molecule has 10 heteroatoms. The second-order valence-corrected chi connectivity index (χ2v) is 7.83. The van der Waals surface area contributed by atoms with Crippen molar-refractivity contribution in [1.29, 1.82) is 0 Å². The van der Waals surface area contributed by atoms with E-state index in [1.54, 1.807) is 0 Å². The zero-order valence-electron chi connectivity index (χ0n) is 16.5. The number of unbranched alkanes of at least 4 members (excludes halogenated alkanes) is 11. The molecule has 0 aliphatic rings.